The van der Waals surface area contributed by atoms with Crippen LogP contribution in [0.2, 0.25) is 5.02 Å². The van der Waals surface area contributed by atoms with Gasteiger partial charge in [-0.15, -0.1) is 0 Å². The molecule has 0 unspecified atom stereocenters. The summed E-state index contributed by atoms with van der Waals surface area (Å²) in [4.78, 5) is 23.1. The van der Waals surface area contributed by atoms with Crippen LogP contribution in [0.25, 0.3) is 10.9 Å². The average Bonchev–Trinajstić information content (AvgIpc) is 3.26. The predicted molar refractivity (Wildman–Crippen MR) is 101 cm³/mol. The van der Waals surface area contributed by atoms with Crippen molar-refractivity contribution in [3.63, 3.8) is 0 Å². The number of nitro benzene ring substituents is 1. The molecule has 0 radical (unpaired) electrons. The van der Waals surface area contributed by atoms with Crippen molar-refractivity contribution in [3.05, 3.63) is 62.8 Å². The van der Waals surface area contributed by atoms with Crippen molar-refractivity contribution in [3.8, 4) is 11.5 Å². The van der Waals surface area contributed by atoms with Crippen molar-refractivity contribution in [2.75, 3.05) is 13.4 Å². The summed E-state index contributed by atoms with van der Waals surface area (Å²) in [5.41, 5.74) is 1.60. The molecule has 0 spiro atoms. The monoisotopic (exact) mass is 402 g/mol. The van der Waals surface area contributed by atoms with Gasteiger partial charge in [-0.3, -0.25) is 10.1 Å². The van der Waals surface area contributed by atoms with E-state index in [0.29, 0.717) is 33.0 Å². The van der Waals surface area contributed by atoms with Crippen LogP contribution >= 0.6 is 11.6 Å². The molecule has 4 rings (SSSR count). The summed E-state index contributed by atoms with van der Waals surface area (Å²) in [6.07, 6.45) is 0. The van der Waals surface area contributed by atoms with Crippen LogP contribution < -0.4 is 9.47 Å². The normalized spacial score (nSPS) is 12.4. The molecule has 0 saturated carbocycles. The molecule has 9 heteroatoms. The Labute approximate surface area is 164 Å². The van der Waals surface area contributed by atoms with Gasteiger partial charge in [0.05, 0.1) is 18.1 Å². The Morgan fingerprint density at radius 2 is 2.00 bits per heavy atom. The molecule has 2 aromatic carbocycles. The highest BCUT2D eigenvalue weighted by atomic mass is 35.5. The second-order valence-corrected chi connectivity index (χ2v) is 6.54. The first-order chi connectivity index (χ1) is 13.5. The lowest BCUT2D eigenvalue weighted by Crippen LogP contribution is -2.13. The van der Waals surface area contributed by atoms with Crippen molar-refractivity contribution < 1.29 is 23.9 Å². The second kappa shape index (κ2) is 7.05. The number of esters is 1. The fraction of sp³-hybridized carbons (Fsp3) is 0.211. The molecule has 0 atom stereocenters. The molecule has 3 aromatic rings. The van der Waals surface area contributed by atoms with Crippen LogP contribution in [0.1, 0.15) is 23.0 Å². The van der Waals surface area contributed by atoms with Crippen LogP contribution in [0.3, 0.4) is 0 Å². The number of benzene rings is 2. The lowest BCUT2D eigenvalue weighted by molar-refractivity contribution is -0.384. The molecule has 0 fully saturated rings. The van der Waals surface area contributed by atoms with E-state index >= 15 is 0 Å². The van der Waals surface area contributed by atoms with Gasteiger partial charge < -0.3 is 18.8 Å². The fourth-order valence-electron chi connectivity index (χ4n) is 3.17. The number of nitrogens with zero attached hydrogens (tertiary/aromatic N) is 2. The van der Waals surface area contributed by atoms with E-state index in [2.05, 4.69) is 0 Å². The molecule has 1 aliphatic heterocycles. The number of nitro groups is 1. The summed E-state index contributed by atoms with van der Waals surface area (Å²) < 4.78 is 17.6. The summed E-state index contributed by atoms with van der Waals surface area (Å²) in [5.74, 6) is 0.620. The maximum Gasteiger partial charge on any atom is 0.354 e. The third-order valence-corrected chi connectivity index (χ3v) is 4.80. The highest BCUT2D eigenvalue weighted by Crippen LogP contribution is 2.37. The smallest absolute Gasteiger partial charge is 0.354 e. The highest BCUT2D eigenvalue weighted by molar-refractivity contribution is 6.31. The van der Waals surface area contributed by atoms with E-state index in [0.717, 1.165) is 0 Å². The van der Waals surface area contributed by atoms with Gasteiger partial charge in [0.25, 0.3) is 5.69 Å². The van der Waals surface area contributed by atoms with Crippen LogP contribution in [-0.2, 0) is 11.3 Å². The largest absolute Gasteiger partial charge is 0.461 e. The molecule has 0 N–H and O–H groups in total. The standard InChI is InChI=1S/C19H15ClN2O6/c1-2-26-19(23)16-6-11-5-13(22(24)25)3-4-15(11)21(16)9-12-7-17-18(8-14(12)20)28-10-27-17/h3-8H,2,9-10H2,1H3. The zero-order valence-corrected chi connectivity index (χ0v) is 15.6. The summed E-state index contributed by atoms with van der Waals surface area (Å²) in [7, 11) is 0. The first-order valence-corrected chi connectivity index (χ1v) is 8.88. The zero-order valence-electron chi connectivity index (χ0n) is 14.8. The summed E-state index contributed by atoms with van der Waals surface area (Å²) in [6.45, 7) is 2.31. The van der Waals surface area contributed by atoms with E-state index in [4.69, 9.17) is 25.8 Å². The number of non-ortho nitro benzene ring substituents is 1. The molecule has 144 valence electrons. The minimum Gasteiger partial charge on any atom is -0.461 e. The van der Waals surface area contributed by atoms with Gasteiger partial charge in [0.1, 0.15) is 5.69 Å². The van der Waals surface area contributed by atoms with Crippen LogP contribution in [0, 0.1) is 10.1 Å². The predicted octanol–water partition coefficient (Wildman–Crippen LogP) is 4.16. The second-order valence-electron chi connectivity index (χ2n) is 6.13. The Morgan fingerprint density at radius 3 is 2.71 bits per heavy atom. The van der Waals surface area contributed by atoms with Crippen molar-refractivity contribution >= 4 is 34.2 Å². The number of carbonyl (C=O) groups is 1. The molecule has 0 amide bonds. The topological polar surface area (TPSA) is 92.8 Å². The number of hydrogen-bond donors (Lipinski definition) is 0. The molecule has 8 nitrogen and oxygen atoms in total. The molecule has 0 aliphatic carbocycles. The first-order valence-electron chi connectivity index (χ1n) is 8.50. The summed E-state index contributed by atoms with van der Waals surface area (Å²) >= 11 is 6.38. The van der Waals surface area contributed by atoms with E-state index < -0.39 is 10.9 Å². The summed E-state index contributed by atoms with van der Waals surface area (Å²) in [5, 5.41) is 12.1. The van der Waals surface area contributed by atoms with Gasteiger partial charge >= 0.3 is 5.97 Å². The minimum atomic E-state index is -0.516. The maximum absolute atomic E-state index is 12.5. The van der Waals surface area contributed by atoms with Crippen molar-refractivity contribution in [2.24, 2.45) is 0 Å². The molecule has 1 aliphatic rings. The molecule has 1 aromatic heterocycles. The number of aromatic nitrogens is 1. The van der Waals surface area contributed by atoms with Crippen LogP contribution in [0.15, 0.2) is 36.4 Å². The van der Waals surface area contributed by atoms with E-state index in [-0.39, 0.29) is 31.3 Å². The third kappa shape index (κ3) is 3.11. The number of carbonyl (C=O) groups excluding carboxylic acids is 1. The maximum atomic E-state index is 12.5. The van der Waals surface area contributed by atoms with E-state index in [1.54, 1.807) is 35.8 Å². The van der Waals surface area contributed by atoms with Gasteiger partial charge in [0.15, 0.2) is 11.5 Å². The number of ether oxygens (including phenoxy) is 3. The summed E-state index contributed by atoms with van der Waals surface area (Å²) in [6, 6.07) is 9.44. The fourth-order valence-corrected chi connectivity index (χ4v) is 3.38. The van der Waals surface area contributed by atoms with Crippen molar-refractivity contribution in [1.82, 2.24) is 4.57 Å². The average molecular weight is 403 g/mol. The number of halogens is 1. The minimum absolute atomic E-state index is 0.0545. The van der Waals surface area contributed by atoms with Crippen LogP contribution in [-0.4, -0.2) is 28.9 Å². The quantitative estimate of drug-likeness (QED) is 0.361. The molecular formula is C19H15ClN2O6. The Morgan fingerprint density at radius 1 is 1.25 bits per heavy atom. The zero-order chi connectivity index (χ0) is 19.8. The number of hydrogen-bond acceptors (Lipinski definition) is 6. The lowest BCUT2D eigenvalue weighted by Gasteiger charge is -2.12. The third-order valence-electron chi connectivity index (χ3n) is 4.45. The van der Waals surface area contributed by atoms with Gasteiger partial charge in [0.2, 0.25) is 6.79 Å². The van der Waals surface area contributed by atoms with Crippen molar-refractivity contribution in [2.45, 2.75) is 13.5 Å². The highest BCUT2D eigenvalue weighted by Gasteiger charge is 2.22. The van der Waals surface area contributed by atoms with E-state index in [1.807, 2.05) is 0 Å². The molecule has 0 saturated heterocycles. The van der Waals surface area contributed by atoms with Gasteiger partial charge in [0, 0.05) is 34.1 Å². The van der Waals surface area contributed by atoms with Crippen LogP contribution in [0.4, 0.5) is 5.69 Å². The Balaban J connectivity index is 1.83. The SMILES string of the molecule is CCOC(=O)c1cc2cc([N+](=O)[O-])ccc2n1Cc1cc2c(cc1Cl)OCO2. The van der Waals surface area contributed by atoms with Crippen LogP contribution in [0.5, 0.6) is 11.5 Å². The Kier molecular flexibility index (Phi) is 4.56. The van der Waals surface area contributed by atoms with Gasteiger partial charge in [-0.1, -0.05) is 11.6 Å². The molecule has 2 heterocycles. The van der Waals surface area contributed by atoms with Gasteiger partial charge in [-0.25, -0.2) is 4.79 Å². The number of rotatable bonds is 5. The van der Waals surface area contributed by atoms with Gasteiger partial charge in [-0.2, -0.15) is 0 Å². The Bertz CT molecular complexity index is 1110. The Hall–Kier alpha value is -3.26. The molecule has 28 heavy (non-hydrogen) atoms. The molecule has 0 bridgehead atoms. The van der Waals surface area contributed by atoms with Gasteiger partial charge in [-0.05, 0) is 30.7 Å². The van der Waals surface area contributed by atoms with E-state index in [9.17, 15) is 14.9 Å². The lowest BCUT2D eigenvalue weighted by atomic mass is 10.2. The first kappa shape index (κ1) is 18.1. The molecular weight excluding hydrogens is 388 g/mol. The number of fused-ring (bicyclic) bond motifs is 2. The van der Waals surface area contributed by atoms with E-state index in [1.165, 1.54) is 12.1 Å². The van der Waals surface area contributed by atoms with Crippen molar-refractivity contribution in [1.29, 1.82) is 0 Å².